The van der Waals surface area contributed by atoms with Crippen molar-refractivity contribution in [1.29, 1.82) is 0 Å². The summed E-state index contributed by atoms with van der Waals surface area (Å²) in [4.78, 5) is 30.3. The van der Waals surface area contributed by atoms with Crippen molar-refractivity contribution in [2.24, 2.45) is 7.05 Å². The fourth-order valence-electron chi connectivity index (χ4n) is 2.66. The molecule has 112 valence electrons. The molecule has 4 rings (SSSR count). The number of H-pyrrole nitrogens is 1. The van der Waals surface area contributed by atoms with Crippen LogP contribution in [0, 0.1) is 0 Å². The number of hydrogen-bond donors (Lipinski definition) is 1. The van der Waals surface area contributed by atoms with Crippen LogP contribution in [0.3, 0.4) is 0 Å². The average Bonchev–Trinajstić information content (AvgIpc) is 3.03. The van der Waals surface area contributed by atoms with Crippen molar-refractivity contribution in [1.82, 2.24) is 19.1 Å². The van der Waals surface area contributed by atoms with Crippen molar-refractivity contribution in [2.45, 2.75) is 12.6 Å². The van der Waals surface area contributed by atoms with Gasteiger partial charge < -0.3 is 4.74 Å². The SMILES string of the molecule is Cn1c(=O)[nH]c(=O)c2c1nc1n2C[C@H](c2ccc(Br)cc2)O1. The Morgan fingerprint density at radius 3 is 2.77 bits per heavy atom. The Balaban J connectivity index is 1.82. The van der Waals surface area contributed by atoms with Crippen molar-refractivity contribution in [3.05, 3.63) is 55.1 Å². The molecule has 1 N–H and O–H groups in total. The molecule has 8 heteroatoms. The fraction of sp³-hybridized carbons (Fsp3) is 0.214. The highest BCUT2D eigenvalue weighted by Crippen LogP contribution is 2.33. The topological polar surface area (TPSA) is 81.9 Å². The lowest BCUT2D eigenvalue weighted by Crippen LogP contribution is -2.29. The molecule has 0 bridgehead atoms. The first-order valence-electron chi connectivity index (χ1n) is 6.66. The van der Waals surface area contributed by atoms with E-state index in [1.807, 2.05) is 24.3 Å². The first-order valence-corrected chi connectivity index (χ1v) is 7.45. The molecule has 1 aromatic carbocycles. The zero-order chi connectivity index (χ0) is 15.4. The molecule has 0 radical (unpaired) electrons. The number of hydrogen-bond acceptors (Lipinski definition) is 4. The summed E-state index contributed by atoms with van der Waals surface area (Å²) < 4.78 is 9.84. The van der Waals surface area contributed by atoms with Gasteiger partial charge in [0, 0.05) is 11.5 Å². The van der Waals surface area contributed by atoms with Crippen molar-refractivity contribution >= 4 is 27.1 Å². The van der Waals surface area contributed by atoms with E-state index in [1.165, 1.54) is 4.57 Å². The van der Waals surface area contributed by atoms with Gasteiger partial charge in [-0.1, -0.05) is 28.1 Å². The molecule has 3 heterocycles. The van der Waals surface area contributed by atoms with E-state index in [0.717, 1.165) is 10.0 Å². The number of ether oxygens (including phenoxy) is 1. The molecule has 0 spiro atoms. The molecule has 0 saturated heterocycles. The quantitative estimate of drug-likeness (QED) is 0.707. The Labute approximate surface area is 132 Å². The summed E-state index contributed by atoms with van der Waals surface area (Å²) in [5, 5.41) is 0. The maximum atomic E-state index is 12.1. The molecule has 1 aliphatic heterocycles. The van der Waals surface area contributed by atoms with Crippen molar-refractivity contribution < 1.29 is 4.74 Å². The maximum absolute atomic E-state index is 12.1. The van der Waals surface area contributed by atoms with Gasteiger partial charge in [0.25, 0.3) is 11.6 Å². The molecular weight excluding hydrogens is 352 g/mol. The van der Waals surface area contributed by atoms with Gasteiger partial charge in [0.2, 0.25) is 0 Å². The number of rotatable bonds is 1. The molecule has 0 fully saturated rings. The van der Waals surface area contributed by atoms with E-state index in [2.05, 4.69) is 25.9 Å². The molecule has 22 heavy (non-hydrogen) atoms. The van der Waals surface area contributed by atoms with Gasteiger partial charge in [-0.25, -0.2) is 4.79 Å². The van der Waals surface area contributed by atoms with Crippen LogP contribution >= 0.6 is 15.9 Å². The molecule has 1 aliphatic rings. The van der Waals surface area contributed by atoms with Gasteiger partial charge in [-0.15, -0.1) is 0 Å². The molecule has 0 amide bonds. The molecule has 3 aromatic rings. The van der Waals surface area contributed by atoms with Gasteiger partial charge in [0.05, 0.1) is 6.54 Å². The highest BCUT2D eigenvalue weighted by molar-refractivity contribution is 9.10. The van der Waals surface area contributed by atoms with E-state index in [4.69, 9.17) is 4.74 Å². The summed E-state index contributed by atoms with van der Waals surface area (Å²) in [5.74, 6) is 0. The third-order valence-electron chi connectivity index (χ3n) is 3.81. The van der Waals surface area contributed by atoms with E-state index in [0.29, 0.717) is 23.7 Å². The van der Waals surface area contributed by atoms with Crippen LogP contribution < -0.4 is 16.0 Å². The van der Waals surface area contributed by atoms with Crippen molar-refractivity contribution in [3.8, 4) is 6.01 Å². The number of aryl methyl sites for hydroxylation is 1. The number of fused-ring (bicyclic) bond motifs is 3. The van der Waals surface area contributed by atoms with Gasteiger partial charge in [0.15, 0.2) is 11.2 Å². The molecule has 0 aliphatic carbocycles. The molecule has 2 aromatic heterocycles. The standard InChI is InChI=1S/C14H11BrN4O3/c1-18-11-10(12(20)17-13(18)21)19-6-9(22-14(19)16-11)7-2-4-8(15)5-3-7/h2-5,9H,6H2,1H3,(H,17,20,21)/t9-/m1/s1. The summed E-state index contributed by atoms with van der Waals surface area (Å²) in [6, 6.07) is 8.16. The van der Waals surface area contributed by atoms with Gasteiger partial charge in [-0.2, -0.15) is 4.98 Å². The van der Waals surface area contributed by atoms with Gasteiger partial charge in [-0.05, 0) is 17.7 Å². The lowest BCUT2D eigenvalue weighted by molar-refractivity contribution is 0.230. The lowest BCUT2D eigenvalue weighted by Gasteiger charge is -2.10. The Hall–Kier alpha value is -2.35. The van der Waals surface area contributed by atoms with Crippen LogP contribution in [0.5, 0.6) is 6.01 Å². The lowest BCUT2D eigenvalue weighted by atomic mass is 10.1. The van der Waals surface area contributed by atoms with Crippen molar-refractivity contribution in [3.63, 3.8) is 0 Å². The number of aromatic amines is 1. The van der Waals surface area contributed by atoms with E-state index in [9.17, 15) is 9.59 Å². The van der Waals surface area contributed by atoms with E-state index >= 15 is 0 Å². The second-order valence-electron chi connectivity index (χ2n) is 5.15. The number of imidazole rings is 1. The smallest absolute Gasteiger partial charge is 0.329 e. The van der Waals surface area contributed by atoms with Gasteiger partial charge >= 0.3 is 5.69 Å². The fourth-order valence-corrected chi connectivity index (χ4v) is 2.92. The Bertz CT molecular complexity index is 1000. The summed E-state index contributed by atoms with van der Waals surface area (Å²) in [7, 11) is 1.57. The summed E-state index contributed by atoms with van der Waals surface area (Å²) in [6.45, 7) is 0.481. The van der Waals surface area contributed by atoms with Crippen LogP contribution in [-0.4, -0.2) is 19.1 Å². The molecule has 1 atom stereocenters. The number of nitrogens with one attached hydrogen (secondary N) is 1. The molecular formula is C14H11BrN4O3. The third-order valence-corrected chi connectivity index (χ3v) is 4.34. The number of aromatic nitrogens is 4. The zero-order valence-corrected chi connectivity index (χ0v) is 13.1. The minimum absolute atomic E-state index is 0.198. The number of nitrogens with zero attached hydrogens (tertiary/aromatic N) is 3. The predicted octanol–water partition coefficient (Wildman–Crippen LogP) is 1.32. The summed E-state index contributed by atoms with van der Waals surface area (Å²) in [6.07, 6.45) is -0.198. The highest BCUT2D eigenvalue weighted by Gasteiger charge is 2.29. The molecule has 7 nitrogen and oxygen atoms in total. The van der Waals surface area contributed by atoms with Crippen LogP contribution in [0.25, 0.3) is 11.2 Å². The Morgan fingerprint density at radius 2 is 2.05 bits per heavy atom. The van der Waals surface area contributed by atoms with Crippen molar-refractivity contribution in [2.75, 3.05) is 0 Å². The maximum Gasteiger partial charge on any atom is 0.329 e. The minimum atomic E-state index is -0.487. The van der Waals surface area contributed by atoms with E-state index in [1.54, 1.807) is 11.6 Å². The third kappa shape index (κ3) is 1.83. The van der Waals surface area contributed by atoms with Crippen LogP contribution in [0.4, 0.5) is 0 Å². The van der Waals surface area contributed by atoms with Crippen LogP contribution in [-0.2, 0) is 13.6 Å². The van der Waals surface area contributed by atoms with Crippen LogP contribution in [0.1, 0.15) is 11.7 Å². The highest BCUT2D eigenvalue weighted by atomic mass is 79.9. The summed E-state index contributed by atoms with van der Waals surface area (Å²) in [5.41, 5.74) is 0.758. The Morgan fingerprint density at radius 1 is 1.32 bits per heavy atom. The number of halogens is 1. The summed E-state index contributed by atoms with van der Waals surface area (Å²) >= 11 is 3.40. The average molecular weight is 363 g/mol. The molecule has 0 saturated carbocycles. The number of benzene rings is 1. The molecule has 0 unspecified atom stereocenters. The first kappa shape index (κ1) is 13.3. The zero-order valence-electron chi connectivity index (χ0n) is 11.5. The minimum Gasteiger partial charge on any atom is -0.454 e. The van der Waals surface area contributed by atoms with Gasteiger partial charge in [-0.3, -0.25) is 18.9 Å². The predicted molar refractivity (Wildman–Crippen MR) is 83.1 cm³/mol. The van der Waals surface area contributed by atoms with Crippen LogP contribution in [0.15, 0.2) is 38.3 Å². The van der Waals surface area contributed by atoms with Crippen LogP contribution in [0.2, 0.25) is 0 Å². The Kier molecular flexibility index (Phi) is 2.77. The second kappa shape index (κ2) is 4.57. The second-order valence-corrected chi connectivity index (χ2v) is 6.07. The monoisotopic (exact) mass is 362 g/mol. The normalized spacial score (nSPS) is 16.7. The first-order chi connectivity index (χ1) is 10.5. The van der Waals surface area contributed by atoms with E-state index in [-0.39, 0.29) is 6.10 Å². The van der Waals surface area contributed by atoms with E-state index < -0.39 is 11.2 Å². The van der Waals surface area contributed by atoms with Gasteiger partial charge in [0.1, 0.15) is 6.10 Å². The largest absolute Gasteiger partial charge is 0.454 e.